The maximum absolute atomic E-state index is 11.5. The SMILES string of the molecule is COC(=O)[C@@H]1CC=C[C@@H](c2ccccc2O)C1. The molecule has 0 aromatic heterocycles. The highest BCUT2D eigenvalue weighted by atomic mass is 16.5. The zero-order valence-electron chi connectivity index (χ0n) is 9.80. The number of hydrogen-bond donors (Lipinski definition) is 1. The van der Waals surface area contributed by atoms with Gasteiger partial charge in [-0.05, 0) is 18.9 Å². The Hall–Kier alpha value is -1.77. The number of ether oxygens (including phenoxy) is 1. The molecule has 1 aromatic rings. The number of rotatable bonds is 2. The monoisotopic (exact) mass is 232 g/mol. The highest BCUT2D eigenvalue weighted by Crippen LogP contribution is 2.35. The molecule has 1 N–H and O–H groups in total. The first-order chi connectivity index (χ1) is 8.22. The summed E-state index contributed by atoms with van der Waals surface area (Å²) in [5.41, 5.74) is 0.873. The number of aromatic hydroxyl groups is 1. The van der Waals surface area contributed by atoms with E-state index in [9.17, 15) is 9.90 Å². The second kappa shape index (κ2) is 5.04. The summed E-state index contributed by atoms with van der Waals surface area (Å²) in [6.07, 6.45) is 5.45. The lowest BCUT2D eigenvalue weighted by Crippen LogP contribution is -2.20. The van der Waals surface area contributed by atoms with Crippen LogP contribution in [0.25, 0.3) is 0 Å². The standard InChI is InChI=1S/C14H16O3/c1-17-14(16)11-6-4-5-10(9-11)12-7-2-3-8-13(12)15/h2-5,7-8,10-11,15H,6,9H2,1H3/t10-,11-/m1/s1. The Labute approximate surface area is 101 Å². The second-order valence-electron chi connectivity index (χ2n) is 4.28. The summed E-state index contributed by atoms with van der Waals surface area (Å²) in [6.45, 7) is 0. The molecule has 2 atom stereocenters. The van der Waals surface area contributed by atoms with Gasteiger partial charge in [-0.15, -0.1) is 0 Å². The number of carbonyl (C=O) groups excluding carboxylic acids is 1. The van der Waals surface area contributed by atoms with Crippen molar-refractivity contribution in [2.45, 2.75) is 18.8 Å². The van der Waals surface area contributed by atoms with Crippen molar-refractivity contribution < 1.29 is 14.6 Å². The molecule has 3 nitrogen and oxygen atoms in total. The molecular weight excluding hydrogens is 216 g/mol. The number of carbonyl (C=O) groups is 1. The van der Waals surface area contributed by atoms with Crippen molar-refractivity contribution in [1.29, 1.82) is 0 Å². The number of allylic oxidation sites excluding steroid dienone is 2. The van der Waals surface area contributed by atoms with E-state index in [0.29, 0.717) is 6.42 Å². The summed E-state index contributed by atoms with van der Waals surface area (Å²) in [5.74, 6) is 0.103. The predicted molar refractivity (Wildman–Crippen MR) is 64.7 cm³/mol. The number of phenolic OH excluding ortho intramolecular Hbond substituents is 1. The van der Waals surface area contributed by atoms with Crippen LogP contribution in [0.1, 0.15) is 24.3 Å². The quantitative estimate of drug-likeness (QED) is 0.629. The predicted octanol–water partition coefficient (Wildman–Crippen LogP) is 2.62. The maximum atomic E-state index is 11.5. The van der Waals surface area contributed by atoms with E-state index in [1.54, 1.807) is 12.1 Å². The first-order valence-electron chi connectivity index (χ1n) is 5.74. The average Bonchev–Trinajstić information content (AvgIpc) is 2.38. The topological polar surface area (TPSA) is 46.5 Å². The fraction of sp³-hybridized carbons (Fsp3) is 0.357. The van der Waals surface area contributed by atoms with Crippen LogP contribution in [0.4, 0.5) is 0 Å². The van der Waals surface area contributed by atoms with Crippen LogP contribution in [-0.4, -0.2) is 18.2 Å². The van der Waals surface area contributed by atoms with Crippen molar-refractivity contribution in [3.8, 4) is 5.75 Å². The first-order valence-corrected chi connectivity index (χ1v) is 5.74. The molecular formula is C14H16O3. The molecule has 3 heteroatoms. The van der Waals surface area contributed by atoms with Gasteiger partial charge in [0.25, 0.3) is 0 Å². The minimum absolute atomic E-state index is 0.0917. The Morgan fingerprint density at radius 3 is 2.88 bits per heavy atom. The number of para-hydroxylation sites is 1. The molecule has 0 radical (unpaired) electrons. The molecule has 0 fully saturated rings. The van der Waals surface area contributed by atoms with Crippen LogP contribution in [0.15, 0.2) is 36.4 Å². The summed E-state index contributed by atoms with van der Waals surface area (Å²) in [5, 5.41) is 9.79. The van der Waals surface area contributed by atoms with Gasteiger partial charge in [0.05, 0.1) is 13.0 Å². The van der Waals surface area contributed by atoms with E-state index in [1.165, 1.54) is 7.11 Å². The lowest BCUT2D eigenvalue weighted by Gasteiger charge is -2.23. The van der Waals surface area contributed by atoms with Crippen molar-refractivity contribution in [2.24, 2.45) is 5.92 Å². The maximum Gasteiger partial charge on any atom is 0.309 e. The molecule has 90 valence electrons. The van der Waals surface area contributed by atoms with Gasteiger partial charge in [-0.1, -0.05) is 30.4 Å². The van der Waals surface area contributed by atoms with Gasteiger partial charge in [0, 0.05) is 11.5 Å². The van der Waals surface area contributed by atoms with Gasteiger partial charge in [0.15, 0.2) is 0 Å². The molecule has 0 bridgehead atoms. The lowest BCUT2D eigenvalue weighted by molar-refractivity contribution is -0.145. The Balaban J connectivity index is 2.18. The third-order valence-corrected chi connectivity index (χ3v) is 3.20. The van der Waals surface area contributed by atoms with Gasteiger partial charge in [-0.25, -0.2) is 0 Å². The number of esters is 1. The van der Waals surface area contributed by atoms with Crippen LogP contribution in [0, 0.1) is 5.92 Å². The van der Waals surface area contributed by atoms with Crippen molar-refractivity contribution in [1.82, 2.24) is 0 Å². The number of phenols is 1. The zero-order valence-corrected chi connectivity index (χ0v) is 9.80. The largest absolute Gasteiger partial charge is 0.508 e. The van der Waals surface area contributed by atoms with Crippen molar-refractivity contribution in [3.63, 3.8) is 0 Å². The highest BCUT2D eigenvalue weighted by molar-refractivity contribution is 5.73. The normalized spacial score (nSPS) is 23.4. The third-order valence-electron chi connectivity index (χ3n) is 3.20. The zero-order chi connectivity index (χ0) is 12.3. The van der Waals surface area contributed by atoms with E-state index < -0.39 is 0 Å². The fourth-order valence-electron chi connectivity index (χ4n) is 2.28. The van der Waals surface area contributed by atoms with Gasteiger partial charge in [0.2, 0.25) is 0 Å². The lowest BCUT2D eigenvalue weighted by atomic mass is 9.82. The Kier molecular flexibility index (Phi) is 3.47. The number of benzene rings is 1. The average molecular weight is 232 g/mol. The minimum atomic E-state index is -0.172. The van der Waals surface area contributed by atoms with Crippen molar-refractivity contribution in [2.75, 3.05) is 7.11 Å². The fourth-order valence-corrected chi connectivity index (χ4v) is 2.28. The Bertz CT molecular complexity index is 437. The van der Waals surface area contributed by atoms with E-state index in [1.807, 2.05) is 18.2 Å². The van der Waals surface area contributed by atoms with Crippen molar-refractivity contribution >= 4 is 5.97 Å². The van der Waals surface area contributed by atoms with Crippen molar-refractivity contribution in [3.05, 3.63) is 42.0 Å². The molecule has 0 saturated carbocycles. The van der Waals surface area contributed by atoms with E-state index in [4.69, 9.17) is 4.74 Å². The molecule has 0 heterocycles. The molecule has 0 spiro atoms. The van der Waals surface area contributed by atoms with E-state index in [2.05, 4.69) is 6.08 Å². The molecule has 0 saturated heterocycles. The molecule has 17 heavy (non-hydrogen) atoms. The molecule has 0 aliphatic heterocycles. The molecule has 2 rings (SSSR count). The minimum Gasteiger partial charge on any atom is -0.508 e. The van der Waals surface area contributed by atoms with E-state index in [-0.39, 0.29) is 23.6 Å². The van der Waals surface area contributed by atoms with Gasteiger partial charge < -0.3 is 9.84 Å². The molecule has 1 aliphatic carbocycles. The van der Waals surface area contributed by atoms with Gasteiger partial charge in [-0.2, -0.15) is 0 Å². The Morgan fingerprint density at radius 2 is 2.18 bits per heavy atom. The van der Waals surface area contributed by atoms with Crippen LogP contribution in [0.2, 0.25) is 0 Å². The first kappa shape index (κ1) is 11.7. The van der Waals surface area contributed by atoms with Gasteiger partial charge >= 0.3 is 5.97 Å². The molecule has 1 aliphatic rings. The van der Waals surface area contributed by atoms with E-state index in [0.717, 1.165) is 12.0 Å². The summed E-state index contributed by atoms with van der Waals surface area (Å²) in [7, 11) is 1.41. The number of hydrogen-bond acceptors (Lipinski definition) is 3. The van der Waals surface area contributed by atoms with Crippen LogP contribution in [0.5, 0.6) is 5.75 Å². The molecule has 1 aromatic carbocycles. The number of methoxy groups -OCH3 is 1. The summed E-state index contributed by atoms with van der Waals surface area (Å²) in [4.78, 5) is 11.5. The van der Waals surface area contributed by atoms with Crippen LogP contribution in [0.3, 0.4) is 0 Å². The second-order valence-corrected chi connectivity index (χ2v) is 4.28. The smallest absolute Gasteiger partial charge is 0.309 e. The van der Waals surface area contributed by atoms with Crippen LogP contribution >= 0.6 is 0 Å². The summed E-state index contributed by atoms with van der Waals surface area (Å²) < 4.78 is 4.77. The van der Waals surface area contributed by atoms with E-state index >= 15 is 0 Å². The summed E-state index contributed by atoms with van der Waals surface area (Å²) >= 11 is 0. The van der Waals surface area contributed by atoms with Gasteiger partial charge in [-0.3, -0.25) is 4.79 Å². The third kappa shape index (κ3) is 2.49. The Morgan fingerprint density at radius 1 is 1.41 bits per heavy atom. The van der Waals surface area contributed by atoms with Gasteiger partial charge in [0.1, 0.15) is 5.75 Å². The summed E-state index contributed by atoms with van der Waals surface area (Å²) in [6, 6.07) is 7.25. The molecule has 0 unspecified atom stereocenters. The molecule has 0 amide bonds. The van der Waals surface area contributed by atoms with Crippen LogP contribution in [-0.2, 0) is 9.53 Å². The highest BCUT2D eigenvalue weighted by Gasteiger charge is 2.26. The van der Waals surface area contributed by atoms with Crippen LogP contribution < -0.4 is 0 Å².